The van der Waals surface area contributed by atoms with E-state index in [1.54, 1.807) is 0 Å². The quantitative estimate of drug-likeness (QED) is 0.927. The number of nitrogens with one attached hydrogen (secondary N) is 1. The van der Waals surface area contributed by atoms with Gasteiger partial charge in [-0.2, -0.15) is 0 Å². The second-order valence-corrected chi connectivity index (χ2v) is 7.90. The SMILES string of the molecule is O=C(NC1C2CCN(CC2)C12CC2)c1nc2ccccc2s1. The normalized spacial score (nSPS) is 31.5. The number of fused-ring (bicyclic) bond motifs is 3. The Morgan fingerprint density at radius 2 is 2.05 bits per heavy atom. The summed E-state index contributed by atoms with van der Waals surface area (Å²) in [5.41, 5.74) is 1.21. The Morgan fingerprint density at radius 3 is 2.77 bits per heavy atom. The molecule has 5 heteroatoms. The molecule has 1 unspecified atom stereocenters. The van der Waals surface area contributed by atoms with Gasteiger partial charge in [0, 0.05) is 5.54 Å². The first-order chi connectivity index (χ1) is 10.8. The summed E-state index contributed by atoms with van der Waals surface area (Å²) < 4.78 is 1.09. The van der Waals surface area contributed by atoms with Crippen molar-refractivity contribution in [2.45, 2.75) is 37.3 Å². The molecule has 1 N–H and O–H groups in total. The van der Waals surface area contributed by atoms with Gasteiger partial charge in [-0.3, -0.25) is 9.69 Å². The van der Waals surface area contributed by atoms with Gasteiger partial charge in [0.25, 0.3) is 5.91 Å². The molecule has 3 aliphatic heterocycles. The Bertz CT molecular complexity index is 710. The number of carbonyl (C=O) groups is 1. The van der Waals surface area contributed by atoms with Crippen molar-refractivity contribution in [2.24, 2.45) is 5.92 Å². The molecule has 2 bridgehead atoms. The predicted molar refractivity (Wildman–Crippen MR) is 87.1 cm³/mol. The van der Waals surface area contributed by atoms with Gasteiger partial charge in [-0.25, -0.2) is 4.98 Å². The summed E-state index contributed by atoms with van der Waals surface area (Å²) >= 11 is 1.50. The van der Waals surface area contributed by atoms with Crippen molar-refractivity contribution in [1.82, 2.24) is 15.2 Å². The standard InChI is InChI=1S/C17H19N3OS/c21-15(16-18-12-3-1-2-4-13(12)22-16)19-14-11-5-9-20(10-6-11)17(14)7-8-17/h1-4,11,14H,5-10H2,(H,19,21). The van der Waals surface area contributed by atoms with Crippen LogP contribution in [0, 0.1) is 5.92 Å². The lowest BCUT2D eigenvalue weighted by Crippen LogP contribution is -2.65. The third-order valence-corrected chi connectivity index (χ3v) is 6.79. The van der Waals surface area contributed by atoms with Gasteiger partial charge in [0.2, 0.25) is 0 Å². The highest BCUT2D eigenvalue weighted by atomic mass is 32.1. The third-order valence-electron chi connectivity index (χ3n) is 5.76. The zero-order valence-electron chi connectivity index (χ0n) is 12.4. The van der Waals surface area contributed by atoms with E-state index in [1.165, 1.54) is 50.1 Å². The van der Waals surface area contributed by atoms with E-state index < -0.39 is 0 Å². The Morgan fingerprint density at radius 1 is 1.27 bits per heavy atom. The summed E-state index contributed by atoms with van der Waals surface area (Å²) in [6.07, 6.45) is 4.95. The molecule has 1 aromatic carbocycles. The van der Waals surface area contributed by atoms with Crippen LogP contribution in [0.2, 0.25) is 0 Å². The number of thiazole rings is 1. The molecule has 1 atom stereocenters. The molecular formula is C17H19N3OS. The van der Waals surface area contributed by atoms with Crippen LogP contribution in [-0.4, -0.2) is 40.5 Å². The maximum absolute atomic E-state index is 12.7. The minimum atomic E-state index is 0.0197. The molecule has 1 amide bonds. The summed E-state index contributed by atoms with van der Waals surface area (Å²) in [5, 5.41) is 3.95. The van der Waals surface area contributed by atoms with Crippen molar-refractivity contribution in [3.05, 3.63) is 29.3 Å². The van der Waals surface area contributed by atoms with Crippen LogP contribution in [0.1, 0.15) is 35.5 Å². The van der Waals surface area contributed by atoms with Gasteiger partial charge in [-0.05, 0) is 56.8 Å². The summed E-state index contributed by atoms with van der Waals surface area (Å²) in [5.74, 6) is 0.678. The molecule has 1 aliphatic carbocycles. The average Bonchev–Trinajstić information content (AvgIpc) is 3.20. The molecule has 22 heavy (non-hydrogen) atoms. The second-order valence-electron chi connectivity index (χ2n) is 6.87. The molecular weight excluding hydrogens is 294 g/mol. The molecule has 1 spiro atoms. The zero-order chi connectivity index (χ0) is 14.7. The van der Waals surface area contributed by atoms with Crippen LogP contribution in [0.15, 0.2) is 24.3 Å². The van der Waals surface area contributed by atoms with Crippen LogP contribution in [-0.2, 0) is 0 Å². The van der Waals surface area contributed by atoms with Crippen molar-refractivity contribution < 1.29 is 4.79 Å². The number of rotatable bonds is 2. The van der Waals surface area contributed by atoms with E-state index in [0.29, 0.717) is 17.0 Å². The topological polar surface area (TPSA) is 45.2 Å². The first-order valence-electron chi connectivity index (χ1n) is 8.18. The Kier molecular flexibility index (Phi) is 2.68. The van der Waals surface area contributed by atoms with E-state index in [4.69, 9.17) is 0 Å². The number of nitrogens with zero attached hydrogens (tertiary/aromatic N) is 2. The molecule has 3 saturated heterocycles. The molecule has 4 heterocycles. The van der Waals surface area contributed by atoms with E-state index in [2.05, 4.69) is 15.2 Å². The van der Waals surface area contributed by atoms with Gasteiger partial charge < -0.3 is 5.32 Å². The smallest absolute Gasteiger partial charge is 0.280 e. The number of benzene rings is 1. The van der Waals surface area contributed by atoms with Crippen molar-refractivity contribution in [2.75, 3.05) is 13.1 Å². The Hall–Kier alpha value is -1.46. The van der Waals surface area contributed by atoms with Crippen LogP contribution in [0.25, 0.3) is 10.2 Å². The van der Waals surface area contributed by atoms with Gasteiger partial charge in [0.15, 0.2) is 5.01 Å². The number of amides is 1. The third kappa shape index (κ3) is 1.78. The van der Waals surface area contributed by atoms with Gasteiger partial charge >= 0.3 is 0 Å². The van der Waals surface area contributed by atoms with Crippen molar-refractivity contribution in [1.29, 1.82) is 0 Å². The highest BCUT2D eigenvalue weighted by Gasteiger charge is 2.60. The van der Waals surface area contributed by atoms with Crippen LogP contribution in [0.5, 0.6) is 0 Å². The molecule has 1 aromatic heterocycles. The minimum Gasteiger partial charge on any atom is -0.345 e. The number of aromatic nitrogens is 1. The fourth-order valence-electron chi connectivity index (χ4n) is 4.49. The molecule has 2 aromatic rings. The molecule has 4 aliphatic rings. The fourth-order valence-corrected chi connectivity index (χ4v) is 5.36. The molecule has 114 valence electrons. The largest absolute Gasteiger partial charge is 0.345 e. The second kappa shape index (κ2) is 4.52. The van der Waals surface area contributed by atoms with Crippen LogP contribution >= 0.6 is 11.3 Å². The number of piperidine rings is 3. The maximum Gasteiger partial charge on any atom is 0.280 e. The summed E-state index contributed by atoms with van der Waals surface area (Å²) in [6, 6.07) is 8.29. The number of hydrogen-bond acceptors (Lipinski definition) is 4. The predicted octanol–water partition coefficient (Wildman–Crippen LogP) is 2.65. The number of para-hydroxylation sites is 1. The first-order valence-corrected chi connectivity index (χ1v) is 8.99. The number of hydrogen-bond donors (Lipinski definition) is 1. The van der Waals surface area contributed by atoms with Gasteiger partial charge in [-0.15, -0.1) is 11.3 Å². The van der Waals surface area contributed by atoms with E-state index in [-0.39, 0.29) is 11.4 Å². The van der Waals surface area contributed by atoms with Crippen molar-refractivity contribution in [3.8, 4) is 0 Å². The summed E-state index contributed by atoms with van der Waals surface area (Å²) in [4.78, 5) is 19.8. The lowest BCUT2D eigenvalue weighted by Gasteiger charge is -2.52. The van der Waals surface area contributed by atoms with Crippen LogP contribution < -0.4 is 5.32 Å². The highest BCUT2D eigenvalue weighted by Crippen LogP contribution is 2.53. The van der Waals surface area contributed by atoms with Crippen LogP contribution in [0.3, 0.4) is 0 Å². The molecule has 1 saturated carbocycles. The van der Waals surface area contributed by atoms with Gasteiger partial charge in [0.1, 0.15) is 0 Å². The maximum atomic E-state index is 12.7. The first kappa shape index (κ1) is 13.0. The highest BCUT2D eigenvalue weighted by molar-refractivity contribution is 7.20. The Balaban J connectivity index is 1.42. The zero-order valence-corrected chi connectivity index (χ0v) is 13.2. The number of carbonyl (C=O) groups excluding carboxylic acids is 1. The molecule has 4 nitrogen and oxygen atoms in total. The fraction of sp³-hybridized carbons (Fsp3) is 0.529. The average molecular weight is 313 g/mol. The minimum absolute atomic E-state index is 0.0197. The van der Waals surface area contributed by atoms with E-state index in [9.17, 15) is 4.79 Å². The van der Waals surface area contributed by atoms with Gasteiger partial charge in [-0.1, -0.05) is 12.1 Å². The van der Waals surface area contributed by atoms with Crippen molar-refractivity contribution >= 4 is 27.5 Å². The summed E-state index contributed by atoms with van der Waals surface area (Å²) in [6.45, 7) is 2.44. The molecule has 4 fully saturated rings. The van der Waals surface area contributed by atoms with Crippen molar-refractivity contribution in [3.63, 3.8) is 0 Å². The lowest BCUT2D eigenvalue weighted by molar-refractivity contribution is -0.00144. The van der Waals surface area contributed by atoms with E-state index in [0.717, 1.165) is 10.2 Å². The van der Waals surface area contributed by atoms with Crippen LogP contribution in [0.4, 0.5) is 0 Å². The van der Waals surface area contributed by atoms with Gasteiger partial charge in [0.05, 0.1) is 16.3 Å². The summed E-state index contributed by atoms with van der Waals surface area (Å²) in [7, 11) is 0. The Labute approximate surface area is 133 Å². The molecule has 0 radical (unpaired) electrons. The monoisotopic (exact) mass is 313 g/mol. The van der Waals surface area contributed by atoms with E-state index in [1.807, 2.05) is 24.3 Å². The molecule has 6 rings (SSSR count). The lowest BCUT2D eigenvalue weighted by atomic mass is 9.77. The van der Waals surface area contributed by atoms with E-state index >= 15 is 0 Å².